The van der Waals surface area contributed by atoms with E-state index in [-0.39, 0.29) is 11.9 Å². The van der Waals surface area contributed by atoms with Crippen molar-refractivity contribution in [1.29, 1.82) is 0 Å². The summed E-state index contributed by atoms with van der Waals surface area (Å²) in [6.07, 6.45) is 1.12. The highest BCUT2D eigenvalue weighted by Gasteiger charge is 2.55. The molecule has 0 amide bonds. The Kier molecular flexibility index (Phi) is 3.45. The van der Waals surface area contributed by atoms with Crippen LogP contribution >= 0.6 is 15.9 Å². The van der Waals surface area contributed by atoms with Crippen molar-refractivity contribution in [1.82, 2.24) is 9.55 Å². The van der Waals surface area contributed by atoms with Crippen molar-refractivity contribution in [2.75, 3.05) is 0 Å². The first kappa shape index (κ1) is 16.3. The Labute approximate surface area is 169 Å². The van der Waals surface area contributed by atoms with Crippen LogP contribution in [0.1, 0.15) is 29.8 Å². The number of hydrogen-bond acceptors (Lipinski definition) is 2. The third-order valence-electron chi connectivity index (χ3n) is 5.82. The predicted molar refractivity (Wildman–Crippen MR) is 109 cm³/mol. The molecule has 28 heavy (non-hydrogen) atoms. The van der Waals surface area contributed by atoms with Crippen LogP contribution in [0.2, 0.25) is 0 Å². The zero-order valence-corrected chi connectivity index (χ0v) is 16.4. The van der Waals surface area contributed by atoms with Crippen LogP contribution in [-0.2, 0) is 0 Å². The summed E-state index contributed by atoms with van der Waals surface area (Å²) < 4.78 is 23.0. The molecule has 0 N–H and O–H groups in total. The molecule has 5 heteroatoms. The molecule has 0 bridgehead atoms. The topological polar surface area (TPSA) is 27.1 Å². The Morgan fingerprint density at radius 1 is 1.04 bits per heavy atom. The van der Waals surface area contributed by atoms with Gasteiger partial charge in [0.05, 0.1) is 21.5 Å². The third kappa shape index (κ3) is 2.35. The van der Waals surface area contributed by atoms with E-state index in [0.29, 0.717) is 21.8 Å². The van der Waals surface area contributed by atoms with Gasteiger partial charge in [0.15, 0.2) is 0 Å². The Balaban J connectivity index is 1.51. The quantitative estimate of drug-likeness (QED) is 0.371. The van der Waals surface area contributed by atoms with Crippen molar-refractivity contribution < 1.29 is 9.13 Å². The highest BCUT2D eigenvalue weighted by Crippen LogP contribution is 2.63. The standard InChI is InChI=1S/C23H16BrFN2O/c24-17-11-20-19(12-18(17)25)26-23-16-10-15(16)22(27(20)23)14-8-4-5-9-21(14)28-13-6-2-1-3-7-13/h1-9,11-12,15-16,22H,10H2/t15-,16+,22+/m0/s1. The molecule has 4 aromatic rings. The predicted octanol–water partition coefficient (Wildman–Crippen LogP) is 6.44. The number of ether oxygens (including phenoxy) is 1. The minimum Gasteiger partial charge on any atom is -0.457 e. The summed E-state index contributed by atoms with van der Waals surface area (Å²) >= 11 is 3.33. The molecule has 3 aromatic carbocycles. The molecule has 1 aliphatic heterocycles. The maximum Gasteiger partial charge on any atom is 0.139 e. The number of nitrogens with zero attached hydrogens (tertiary/aromatic N) is 2. The molecule has 2 heterocycles. The number of rotatable bonds is 3. The molecule has 138 valence electrons. The summed E-state index contributed by atoms with van der Waals surface area (Å²) in [6.45, 7) is 0. The maximum absolute atomic E-state index is 14.0. The van der Waals surface area contributed by atoms with E-state index < -0.39 is 0 Å². The van der Waals surface area contributed by atoms with E-state index in [1.54, 1.807) is 0 Å². The first-order valence-corrected chi connectivity index (χ1v) is 10.2. The Morgan fingerprint density at radius 2 is 1.82 bits per heavy atom. The zero-order valence-electron chi connectivity index (χ0n) is 14.8. The Bertz CT molecular complexity index is 1220. The van der Waals surface area contributed by atoms with Gasteiger partial charge in [0, 0.05) is 17.5 Å². The van der Waals surface area contributed by atoms with Crippen LogP contribution in [0, 0.1) is 11.7 Å². The van der Waals surface area contributed by atoms with Crippen molar-refractivity contribution in [3.63, 3.8) is 0 Å². The number of fused-ring (bicyclic) bond motifs is 5. The summed E-state index contributed by atoms with van der Waals surface area (Å²) in [7, 11) is 0. The van der Waals surface area contributed by atoms with Crippen LogP contribution in [0.15, 0.2) is 71.2 Å². The second-order valence-corrected chi connectivity index (χ2v) is 8.35. The highest BCUT2D eigenvalue weighted by atomic mass is 79.9. The van der Waals surface area contributed by atoms with E-state index in [4.69, 9.17) is 9.72 Å². The average Bonchev–Trinajstić information content (AvgIpc) is 3.32. The lowest BCUT2D eigenvalue weighted by atomic mass is 10.0. The van der Waals surface area contributed by atoms with Gasteiger partial charge in [-0.15, -0.1) is 0 Å². The fraction of sp³-hybridized carbons (Fsp3) is 0.174. The van der Waals surface area contributed by atoms with Crippen molar-refractivity contribution >= 4 is 27.0 Å². The normalized spacial score (nSPS) is 22.1. The Hall–Kier alpha value is -2.66. The van der Waals surface area contributed by atoms with Crippen LogP contribution in [0.25, 0.3) is 11.0 Å². The molecule has 1 fully saturated rings. The fourth-order valence-corrected chi connectivity index (χ4v) is 4.85. The molecule has 3 nitrogen and oxygen atoms in total. The highest BCUT2D eigenvalue weighted by molar-refractivity contribution is 9.10. The first-order valence-electron chi connectivity index (χ1n) is 9.39. The average molecular weight is 435 g/mol. The van der Waals surface area contributed by atoms with Crippen molar-refractivity contribution in [3.05, 3.63) is 88.4 Å². The molecule has 0 unspecified atom stereocenters. The lowest BCUT2D eigenvalue weighted by Gasteiger charge is -2.21. The lowest BCUT2D eigenvalue weighted by Crippen LogP contribution is -2.11. The number of hydrogen-bond donors (Lipinski definition) is 0. The molecule has 0 radical (unpaired) electrons. The van der Waals surface area contributed by atoms with Crippen LogP contribution in [-0.4, -0.2) is 9.55 Å². The van der Waals surface area contributed by atoms with Gasteiger partial charge in [0.2, 0.25) is 0 Å². The van der Waals surface area contributed by atoms with Crippen molar-refractivity contribution in [2.24, 2.45) is 5.92 Å². The molecule has 1 aromatic heterocycles. The van der Waals surface area contributed by atoms with Gasteiger partial charge in [-0.1, -0.05) is 36.4 Å². The summed E-state index contributed by atoms with van der Waals surface area (Å²) in [6, 6.07) is 21.6. The Morgan fingerprint density at radius 3 is 2.68 bits per heavy atom. The van der Waals surface area contributed by atoms with Gasteiger partial charge in [-0.25, -0.2) is 9.37 Å². The monoisotopic (exact) mass is 434 g/mol. The van der Waals surface area contributed by atoms with Crippen LogP contribution in [0.3, 0.4) is 0 Å². The molecule has 6 rings (SSSR count). The smallest absolute Gasteiger partial charge is 0.139 e. The molecule has 2 aliphatic rings. The second kappa shape index (κ2) is 5.92. The van der Waals surface area contributed by atoms with Gasteiger partial charge in [-0.3, -0.25) is 0 Å². The van der Waals surface area contributed by atoms with Crippen LogP contribution in [0.5, 0.6) is 11.5 Å². The molecule has 0 saturated heterocycles. The second-order valence-electron chi connectivity index (χ2n) is 7.50. The van der Waals surface area contributed by atoms with Gasteiger partial charge < -0.3 is 9.30 Å². The molecule has 1 aliphatic carbocycles. The number of halogens is 2. The van der Waals surface area contributed by atoms with E-state index >= 15 is 0 Å². The van der Waals surface area contributed by atoms with Gasteiger partial charge in [0.25, 0.3) is 0 Å². The first-order chi connectivity index (χ1) is 13.7. The number of para-hydroxylation sites is 2. The molecule has 1 saturated carbocycles. The van der Waals surface area contributed by atoms with Gasteiger partial charge in [-0.2, -0.15) is 0 Å². The van der Waals surface area contributed by atoms with Gasteiger partial charge >= 0.3 is 0 Å². The summed E-state index contributed by atoms with van der Waals surface area (Å²) in [5.41, 5.74) is 2.83. The summed E-state index contributed by atoms with van der Waals surface area (Å²) in [4.78, 5) is 4.77. The molecule has 0 spiro atoms. The minimum absolute atomic E-state index is 0.155. The summed E-state index contributed by atoms with van der Waals surface area (Å²) in [5.74, 6) is 3.44. The fourth-order valence-electron chi connectivity index (χ4n) is 4.52. The van der Waals surface area contributed by atoms with E-state index in [2.05, 4.69) is 32.6 Å². The van der Waals surface area contributed by atoms with E-state index in [0.717, 1.165) is 34.8 Å². The molecular formula is C23H16BrFN2O. The number of benzene rings is 3. The van der Waals surface area contributed by atoms with Crippen molar-refractivity contribution in [2.45, 2.75) is 18.4 Å². The van der Waals surface area contributed by atoms with E-state index in [1.165, 1.54) is 6.07 Å². The number of imidazole rings is 1. The lowest BCUT2D eigenvalue weighted by molar-refractivity contribution is 0.457. The molecule has 3 atom stereocenters. The SMILES string of the molecule is Fc1cc2nc3n(c2cc1Br)[C@H](c1ccccc1Oc1ccccc1)[C@H]1C[C@@H]31. The van der Waals surface area contributed by atoms with E-state index in [1.807, 2.05) is 48.5 Å². The minimum atomic E-state index is -0.277. The zero-order chi connectivity index (χ0) is 18.8. The van der Waals surface area contributed by atoms with Crippen LogP contribution in [0.4, 0.5) is 4.39 Å². The van der Waals surface area contributed by atoms with E-state index in [9.17, 15) is 4.39 Å². The maximum atomic E-state index is 14.0. The number of aromatic nitrogens is 2. The van der Waals surface area contributed by atoms with Gasteiger partial charge in [0.1, 0.15) is 23.1 Å². The van der Waals surface area contributed by atoms with Gasteiger partial charge in [-0.05, 0) is 52.5 Å². The van der Waals surface area contributed by atoms with Crippen LogP contribution < -0.4 is 4.74 Å². The molecular weight excluding hydrogens is 419 g/mol. The summed E-state index contributed by atoms with van der Waals surface area (Å²) in [5, 5.41) is 0. The van der Waals surface area contributed by atoms with Crippen molar-refractivity contribution in [3.8, 4) is 11.5 Å². The largest absolute Gasteiger partial charge is 0.457 e. The third-order valence-corrected chi connectivity index (χ3v) is 6.43.